The maximum atomic E-state index is 13.1. The third-order valence-electron chi connectivity index (χ3n) is 5.09. The highest BCUT2D eigenvalue weighted by molar-refractivity contribution is 7.89. The molecule has 0 radical (unpaired) electrons. The number of carbonyl (C=O) groups excluding carboxylic acids is 1. The predicted octanol–water partition coefficient (Wildman–Crippen LogP) is 3.83. The van der Waals surface area contributed by atoms with Gasteiger partial charge in [0.05, 0.1) is 4.90 Å². The molecule has 0 unspecified atom stereocenters. The number of ether oxygens (including phenoxy) is 1. The van der Waals surface area contributed by atoms with Gasteiger partial charge in [0.1, 0.15) is 5.75 Å². The summed E-state index contributed by atoms with van der Waals surface area (Å²) in [5.41, 5.74) is 1.23. The van der Waals surface area contributed by atoms with E-state index in [-0.39, 0.29) is 29.4 Å². The molecule has 2 aliphatic rings. The smallest absolute Gasteiger partial charge is 0.406 e. The van der Waals surface area contributed by atoms with Crippen LogP contribution in [0.3, 0.4) is 0 Å². The average molecular weight is 454 g/mol. The van der Waals surface area contributed by atoms with Gasteiger partial charge in [-0.25, -0.2) is 8.42 Å². The number of hydrogen-bond donors (Lipinski definition) is 1. The minimum Gasteiger partial charge on any atom is -0.406 e. The van der Waals surface area contributed by atoms with Gasteiger partial charge in [0.2, 0.25) is 10.0 Å². The molecule has 0 heterocycles. The van der Waals surface area contributed by atoms with Gasteiger partial charge in [-0.05, 0) is 67.6 Å². The lowest BCUT2D eigenvalue weighted by Gasteiger charge is -2.22. The zero-order chi connectivity index (χ0) is 22.2. The maximum absolute atomic E-state index is 13.1. The average Bonchev–Trinajstić information content (AvgIpc) is 3.60. The van der Waals surface area contributed by atoms with Crippen molar-refractivity contribution in [2.75, 3.05) is 0 Å². The number of alkyl halides is 3. The van der Waals surface area contributed by atoms with Crippen molar-refractivity contribution in [2.45, 2.75) is 55.6 Å². The highest BCUT2D eigenvalue weighted by Gasteiger charge is 2.38. The summed E-state index contributed by atoms with van der Waals surface area (Å²) >= 11 is 0. The summed E-state index contributed by atoms with van der Waals surface area (Å²) in [6.45, 7) is 0.109. The molecule has 1 amide bonds. The monoisotopic (exact) mass is 454 g/mol. The van der Waals surface area contributed by atoms with Gasteiger partial charge in [-0.15, -0.1) is 13.2 Å². The minimum absolute atomic E-state index is 0.102. The first-order valence-corrected chi connectivity index (χ1v) is 11.3. The molecule has 2 aromatic carbocycles. The number of hydrogen-bond acceptors (Lipinski definition) is 4. The Morgan fingerprint density at radius 3 is 2.13 bits per heavy atom. The quantitative estimate of drug-likeness (QED) is 0.658. The summed E-state index contributed by atoms with van der Waals surface area (Å²) < 4.78 is 68.4. The summed E-state index contributed by atoms with van der Waals surface area (Å²) in [7, 11) is -3.91. The Morgan fingerprint density at radius 1 is 1.00 bits per heavy atom. The molecule has 31 heavy (non-hydrogen) atoms. The van der Waals surface area contributed by atoms with Crippen molar-refractivity contribution in [1.29, 1.82) is 0 Å². The van der Waals surface area contributed by atoms with Crippen LogP contribution in [0, 0.1) is 0 Å². The molecule has 0 atom stereocenters. The van der Waals surface area contributed by atoms with Crippen LogP contribution in [0.4, 0.5) is 13.2 Å². The normalized spacial score (nSPS) is 16.9. The van der Waals surface area contributed by atoms with Gasteiger partial charge in [-0.1, -0.05) is 12.1 Å². The molecule has 4 rings (SSSR count). The number of rotatable bonds is 8. The second-order valence-electron chi connectivity index (χ2n) is 7.75. The fourth-order valence-electron chi connectivity index (χ4n) is 3.16. The molecule has 0 bridgehead atoms. The van der Waals surface area contributed by atoms with Gasteiger partial charge < -0.3 is 10.1 Å². The van der Waals surface area contributed by atoms with E-state index in [2.05, 4.69) is 10.1 Å². The van der Waals surface area contributed by atoms with Gasteiger partial charge in [0.25, 0.3) is 5.91 Å². The molecular weight excluding hydrogens is 433 g/mol. The number of halogens is 3. The third-order valence-corrected chi connectivity index (χ3v) is 7.00. The van der Waals surface area contributed by atoms with E-state index in [0.717, 1.165) is 55.5 Å². The van der Waals surface area contributed by atoms with E-state index in [4.69, 9.17) is 0 Å². The fraction of sp³-hybridized carbons (Fsp3) is 0.381. The zero-order valence-electron chi connectivity index (χ0n) is 16.4. The van der Waals surface area contributed by atoms with Crippen LogP contribution in [0.2, 0.25) is 0 Å². The number of amides is 1. The number of sulfonamides is 1. The van der Waals surface area contributed by atoms with E-state index in [1.807, 2.05) is 0 Å². The van der Waals surface area contributed by atoms with Crippen molar-refractivity contribution in [2.24, 2.45) is 0 Å². The van der Waals surface area contributed by atoms with Crippen molar-refractivity contribution in [3.05, 3.63) is 59.7 Å². The molecule has 10 heteroatoms. The van der Waals surface area contributed by atoms with Crippen LogP contribution in [-0.2, 0) is 16.6 Å². The summed E-state index contributed by atoms with van der Waals surface area (Å²) in [5.74, 6) is -0.633. The van der Waals surface area contributed by atoms with E-state index >= 15 is 0 Å². The van der Waals surface area contributed by atoms with Crippen LogP contribution in [0.5, 0.6) is 5.75 Å². The number of benzene rings is 2. The van der Waals surface area contributed by atoms with Crippen LogP contribution in [0.15, 0.2) is 53.4 Å². The third kappa shape index (κ3) is 5.56. The lowest BCUT2D eigenvalue weighted by Crippen LogP contribution is -2.32. The van der Waals surface area contributed by atoms with E-state index in [1.165, 1.54) is 4.31 Å². The SMILES string of the molecule is O=C(NC1CC1)c1ccc(CN(C2CC2)S(=O)(=O)c2ccc(OC(F)(F)F)cc2)cc1. The highest BCUT2D eigenvalue weighted by Crippen LogP contribution is 2.34. The molecular formula is C21H21F3N2O4S. The molecule has 2 fully saturated rings. The molecule has 2 aromatic rings. The van der Waals surface area contributed by atoms with Crippen LogP contribution < -0.4 is 10.1 Å². The zero-order valence-corrected chi connectivity index (χ0v) is 17.2. The Bertz CT molecular complexity index is 1050. The Morgan fingerprint density at radius 2 is 1.61 bits per heavy atom. The van der Waals surface area contributed by atoms with Crippen LogP contribution in [0.25, 0.3) is 0 Å². The molecule has 2 aliphatic carbocycles. The van der Waals surface area contributed by atoms with Gasteiger partial charge in [-0.3, -0.25) is 4.79 Å². The summed E-state index contributed by atoms with van der Waals surface area (Å²) in [6, 6.07) is 11.0. The van der Waals surface area contributed by atoms with Crippen molar-refractivity contribution in [3.63, 3.8) is 0 Å². The lowest BCUT2D eigenvalue weighted by atomic mass is 10.1. The first-order valence-electron chi connectivity index (χ1n) is 9.89. The van der Waals surface area contributed by atoms with E-state index in [9.17, 15) is 26.4 Å². The molecule has 166 valence electrons. The molecule has 0 aromatic heterocycles. The van der Waals surface area contributed by atoms with Crippen molar-refractivity contribution >= 4 is 15.9 Å². The molecule has 0 spiro atoms. The Labute approximate surface area is 178 Å². The number of nitrogens with one attached hydrogen (secondary N) is 1. The second kappa shape index (κ2) is 8.16. The number of carbonyl (C=O) groups is 1. The Balaban J connectivity index is 1.48. The molecule has 2 saturated carbocycles. The van der Waals surface area contributed by atoms with E-state index in [0.29, 0.717) is 5.56 Å². The second-order valence-corrected chi connectivity index (χ2v) is 9.64. The largest absolute Gasteiger partial charge is 0.573 e. The maximum Gasteiger partial charge on any atom is 0.573 e. The van der Waals surface area contributed by atoms with Gasteiger partial charge in [0.15, 0.2) is 0 Å². The van der Waals surface area contributed by atoms with Gasteiger partial charge >= 0.3 is 6.36 Å². The molecule has 0 aliphatic heterocycles. The summed E-state index contributed by atoms with van der Waals surface area (Å²) in [6.07, 6.45) is -1.43. The summed E-state index contributed by atoms with van der Waals surface area (Å²) in [4.78, 5) is 12.0. The van der Waals surface area contributed by atoms with Crippen molar-refractivity contribution in [3.8, 4) is 5.75 Å². The topological polar surface area (TPSA) is 75.7 Å². The van der Waals surface area contributed by atoms with E-state index in [1.54, 1.807) is 24.3 Å². The molecule has 1 N–H and O–H groups in total. The predicted molar refractivity (Wildman–Crippen MR) is 106 cm³/mol. The molecule has 6 nitrogen and oxygen atoms in total. The van der Waals surface area contributed by atoms with E-state index < -0.39 is 22.1 Å². The van der Waals surface area contributed by atoms with Crippen molar-refractivity contribution in [1.82, 2.24) is 9.62 Å². The molecule has 0 saturated heterocycles. The first-order chi connectivity index (χ1) is 14.6. The standard InChI is InChI=1S/C21H21F3N2O4S/c22-21(23,24)30-18-9-11-19(12-10-18)31(28,29)26(17-7-8-17)13-14-1-3-15(4-2-14)20(27)25-16-5-6-16/h1-4,9-12,16-17H,5-8,13H2,(H,25,27). The lowest BCUT2D eigenvalue weighted by molar-refractivity contribution is -0.274. The highest BCUT2D eigenvalue weighted by atomic mass is 32.2. The van der Waals surface area contributed by atoms with Crippen LogP contribution in [0.1, 0.15) is 41.6 Å². The number of nitrogens with zero attached hydrogens (tertiary/aromatic N) is 1. The summed E-state index contributed by atoms with van der Waals surface area (Å²) in [5, 5.41) is 2.90. The minimum atomic E-state index is -4.85. The Kier molecular flexibility index (Phi) is 5.69. The van der Waals surface area contributed by atoms with Crippen molar-refractivity contribution < 1.29 is 31.1 Å². The fourth-order valence-corrected chi connectivity index (χ4v) is 4.83. The van der Waals surface area contributed by atoms with Crippen LogP contribution >= 0.6 is 0 Å². The van der Waals surface area contributed by atoms with Gasteiger partial charge in [-0.2, -0.15) is 4.31 Å². The van der Waals surface area contributed by atoms with Gasteiger partial charge in [0, 0.05) is 24.2 Å². The van der Waals surface area contributed by atoms with Crippen LogP contribution in [-0.4, -0.2) is 37.1 Å². The first kappa shape index (κ1) is 21.6. The Hall–Kier alpha value is -2.59.